The summed E-state index contributed by atoms with van der Waals surface area (Å²) in [6, 6.07) is 6.64. The fraction of sp³-hybridized carbons (Fsp3) is 0.333. The molecule has 1 aromatic carbocycles. The Kier molecular flexibility index (Phi) is 5.50. The number of carbonyl (C=O) groups is 1. The second kappa shape index (κ2) is 8.38. The van der Waals surface area contributed by atoms with Gasteiger partial charge >= 0.3 is 0 Å². The predicted octanol–water partition coefficient (Wildman–Crippen LogP) is 2.07. The first-order valence-corrected chi connectivity index (χ1v) is 9.65. The van der Waals surface area contributed by atoms with Gasteiger partial charge in [-0.05, 0) is 24.5 Å². The molecule has 0 atom stereocenters. The number of aryl methyl sites for hydroxylation is 1. The topological polar surface area (TPSA) is 75.9 Å². The normalized spacial score (nSPS) is 15.0. The quantitative estimate of drug-likeness (QED) is 0.592. The van der Waals surface area contributed by atoms with Crippen LogP contribution in [0.15, 0.2) is 61.6 Å². The van der Waals surface area contributed by atoms with Gasteiger partial charge in [-0.15, -0.1) is 0 Å². The molecule has 1 saturated heterocycles. The molecular formula is C21H23FN6O. The second-order valence-electron chi connectivity index (χ2n) is 7.38. The smallest absolute Gasteiger partial charge is 0.230 e. The third-order valence-corrected chi connectivity index (χ3v) is 5.27. The molecule has 1 aliphatic rings. The van der Waals surface area contributed by atoms with Crippen LogP contribution < -0.4 is 10.2 Å². The fourth-order valence-electron chi connectivity index (χ4n) is 3.71. The van der Waals surface area contributed by atoms with Gasteiger partial charge in [0.1, 0.15) is 11.6 Å². The summed E-state index contributed by atoms with van der Waals surface area (Å²) in [5.74, 6) is 0.397. The van der Waals surface area contributed by atoms with Gasteiger partial charge < -0.3 is 14.8 Å². The Balaban J connectivity index is 1.42. The maximum Gasteiger partial charge on any atom is 0.230 e. The monoisotopic (exact) mass is 394 g/mol. The number of amides is 1. The van der Waals surface area contributed by atoms with Crippen LogP contribution >= 0.6 is 0 Å². The Bertz CT molecular complexity index is 941. The van der Waals surface area contributed by atoms with Crippen molar-refractivity contribution in [3.8, 4) is 0 Å². The highest BCUT2D eigenvalue weighted by Gasteiger charge is 2.50. The van der Waals surface area contributed by atoms with Gasteiger partial charge in [-0.25, -0.2) is 14.4 Å². The summed E-state index contributed by atoms with van der Waals surface area (Å²) in [7, 11) is 0. The molecule has 8 heteroatoms. The first kappa shape index (κ1) is 19.0. The van der Waals surface area contributed by atoms with E-state index >= 15 is 0 Å². The number of hydrogen-bond donors (Lipinski definition) is 1. The van der Waals surface area contributed by atoms with E-state index in [-0.39, 0.29) is 11.7 Å². The lowest BCUT2D eigenvalue weighted by Crippen LogP contribution is -2.65. The maximum absolute atomic E-state index is 14.3. The molecule has 1 amide bonds. The van der Waals surface area contributed by atoms with Crippen LogP contribution in [0.25, 0.3) is 0 Å². The molecule has 0 spiro atoms. The third kappa shape index (κ3) is 4.26. The van der Waals surface area contributed by atoms with Crippen LogP contribution in [0.4, 0.5) is 10.2 Å². The number of imidazole rings is 1. The van der Waals surface area contributed by atoms with Gasteiger partial charge in [-0.1, -0.05) is 18.2 Å². The second-order valence-corrected chi connectivity index (χ2v) is 7.38. The first-order chi connectivity index (χ1) is 14.2. The molecular weight excluding hydrogens is 371 g/mol. The lowest BCUT2D eigenvalue weighted by Gasteiger charge is -2.49. The van der Waals surface area contributed by atoms with Gasteiger partial charge in [0.05, 0.1) is 17.9 Å². The Morgan fingerprint density at radius 1 is 1.17 bits per heavy atom. The minimum atomic E-state index is -0.686. The van der Waals surface area contributed by atoms with Crippen LogP contribution in [0.3, 0.4) is 0 Å². The van der Waals surface area contributed by atoms with Crippen LogP contribution in [0, 0.1) is 11.2 Å². The molecule has 150 valence electrons. The molecule has 0 unspecified atom stereocenters. The number of nitrogens with one attached hydrogen (secondary N) is 1. The molecule has 4 rings (SSSR count). The molecule has 0 bridgehead atoms. The van der Waals surface area contributed by atoms with Gasteiger partial charge in [-0.3, -0.25) is 9.78 Å². The Morgan fingerprint density at radius 3 is 2.76 bits per heavy atom. The minimum absolute atomic E-state index is 0.0495. The Hall–Kier alpha value is -3.29. The summed E-state index contributed by atoms with van der Waals surface area (Å²) in [6.45, 7) is 2.30. The number of carbonyl (C=O) groups excluding carboxylic acids is 1. The van der Waals surface area contributed by atoms with Crippen molar-refractivity contribution in [1.82, 2.24) is 24.8 Å². The number of halogens is 1. The summed E-state index contributed by atoms with van der Waals surface area (Å²) < 4.78 is 16.2. The van der Waals surface area contributed by atoms with Crippen LogP contribution in [0.2, 0.25) is 0 Å². The molecule has 3 heterocycles. The van der Waals surface area contributed by atoms with Crippen molar-refractivity contribution in [3.63, 3.8) is 0 Å². The predicted molar refractivity (Wildman–Crippen MR) is 107 cm³/mol. The average molecular weight is 394 g/mol. The Morgan fingerprint density at radius 2 is 2.03 bits per heavy atom. The molecule has 3 aromatic rings. The van der Waals surface area contributed by atoms with E-state index in [0.29, 0.717) is 31.6 Å². The van der Waals surface area contributed by atoms with Crippen molar-refractivity contribution in [2.24, 2.45) is 5.41 Å². The van der Waals surface area contributed by atoms with Crippen LogP contribution in [-0.4, -0.2) is 45.1 Å². The molecule has 29 heavy (non-hydrogen) atoms. The van der Waals surface area contributed by atoms with Gasteiger partial charge in [-0.2, -0.15) is 0 Å². The van der Waals surface area contributed by atoms with E-state index in [1.165, 1.54) is 6.07 Å². The summed E-state index contributed by atoms with van der Waals surface area (Å²) >= 11 is 0. The summed E-state index contributed by atoms with van der Waals surface area (Å²) in [4.78, 5) is 27.5. The van der Waals surface area contributed by atoms with Crippen LogP contribution in [0.5, 0.6) is 0 Å². The van der Waals surface area contributed by atoms with Crippen molar-refractivity contribution < 1.29 is 9.18 Å². The molecule has 1 N–H and O–H groups in total. The highest BCUT2D eigenvalue weighted by atomic mass is 19.1. The summed E-state index contributed by atoms with van der Waals surface area (Å²) in [6.07, 6.45) is 11.5. The molecule has 0 radical (unpaired) electrons. The number of aromatic nitrogens is 4. The van der Waals surface area contributed by atoms with Crippen LogP contribution in [-0.2, 0) is 17.8 Å². The first-order valence-electron chi connectivity index (χ1n) is 9.65. The van der Waals surface area contributed by atoms with Gasteiger partial charge in [0.25, 0.3) is 0 Å². The van der Waals surface area contributed by atoms with E-state index < -0.39 is 5.41 Å². The van der Waals surface area contributed by atoms with Gasteiger partial charge in [0.15, 0.2) is 0 Å². The van der Waals surface area contributed by atoms with Crippen molar-refractivity contribution in [2.45, 2.75) is 19.4 Å². The third-order valence-electron chi connectivity index (χ3n) is 5.27. The summed E-state index contributed by atoms with van der Waals surface area (Å²) in [5.41, 5.74) is -0.130. The van der Waals surface area contributed by atoms with Crippen LogP contribution in [0.1, 0.15) is 12.0 Å². The van der Waals surface area contributed by atoms with E-state index in [9.17, 15) is 9.18 Å². The standard InChI is InChI=1S/C21H23FN6O/c22-18-5-2-1-4-17(18)12-21(14-28(15-21)19-13-23-7-8-25-19)20(29)26-6-3-10-27-11-9-24-16-27/h1-2,4-5,7-9,11,13,16H,3,6,10,12,14-15H2,(H,26,29). The number of anilines is 1. The molecule has 7 nitrogen and oxygen atoms in total. The zero-order valence-corrected chi connectivity index (χ0v) is 16.0. The zero-order valence-electron chi connectivity index (χ0n) is 16.0. The highest BCUT2D eigenvalue weighted by molar-refractivity contribution is 5.86. The van der Waals surface area contributed by atoms with E-state index in [1.54, 1.807) is 49.3 Å². The number of rotatable bonds is 8. The number of hydrogen-bond acceptors (Lipinski definition) is 5. The molecule has 2 aromatic heterocycles. The summed E-state index contributed by atoms with van der Waals surface area (Å²) in [5, 5.41) is 3.04. The molecule has 0 saturated carbocycles. The van der Waals surface area contributed by atoms with E-state index in [1.807, 2.05) is 15.7 Å². The lowest BCUT2D eigenvalue weighted by atomic mass is 9.73. The van der Waals surface area contributed by atoms with Crippen molar-refractivity contribution in [2.75, 3.05) is 24.5 Å². The van der Waals surface area contributed by atoms with Gasteiger partial charge in [0.2, 0.25) is 5.91 Å². The van der Waals surface area contributed by atoms with E-state index in [2.05, 4.69) is 20.3 Å². The van der Waals surface area contributed by atoms with Crippen molar-refractivity contribution in [3.05, 3.63) is 73.0 Å². The average Bonchev–Trinajstić information content (AvgIpc) is 3.23. The largest absolute Gasteiger partial charge is 0.355 e. The zero-order chi connectivity index (χ0) is 20.1. The van der Waals surface area contributed by atoms with E-state index in [4.69, 9.17) is 0 Å². The Labute approximate surface area is 168 Å². The maximum atomic E-state index is 14.3. The highest BCUT2D eigenvalue weighted by Crippen LogP contribution is 2.37. The number of nitrogens with zero attached hydrogens (tertiary/aromatic N) is 5. The lowest BCUT2D eigenvalue weighted by molar-refractivity contribution is -0.132. The molecule has 1 aliphatic heterocycles. The SMILES string of the molecule is O=C(NCCCn1ccnc1)C1(Cc2ccccc2F)CN(c2cnccn2)C1. The van der Waals surface area contributed by atoms with Gasteiger partial charge in [0, 0.05) is 51.0 Å². The number of benzene rings is 1. The molecule has 0 aliphatic carbocycles. The van der Waals surface area contributed by atoms with Crippen molar-refractivity contribution in [1.29, 1.82) is 0 Å². The fourth-order valence-corrected chi connectivity index (χ4v) is 3.71. The molecule has 1 fully saturated rings. The van der Waals surface area contributed by atoms with Crippen molar-refractivity contribution >= 4 is 11.7 Å². The minimum Gasteiger partial charge on any atom is -0.355 e. The van der Waals surface area contributed by atoms with E-state index in [0.717, 1.165) is 18.8 Å².